The second-order valence-electron chi connectivity index (χ2n) is 6.74. The number of aliphatic hydroxyl groups is 1. The predicted octanol–water partition coefficient (Wildman–Crippen LogP) is 1.59. The minimum atomic E-state index is -0.351. The number of rotatable bonds is 4. The lowest BCUT2D eigenvalue weighted by Gasteiger charge is -2.22. The Kier molecular flexibility index (Phi) is 4.66. The Morgan fingerprint density at radius 3 is 2.54 bits per heavy atom. The van der Waals surface area contributed by atoms with Crippen molar-refractivity contribution in [2.45, 2.75) is 26.4 Å². The molecule has 6 heteroatoms. The fourth-order valence-electron chi connectivity index (χ4n) is 3.16. The Hall–Kier alpha value is -2.21. The molecule has 3 rings (SSSR count). The Morgan fingerprint density at radius 1 is 1.17 bits per heavy atom. The van der Waals surface area contributed by atoms with Gasteiger partial charge in [0.15, 0.2) is 0 Å². The quantitative estimate of drug-likeness (QED) is 0.920. The number of aromatic nitrogens is 3. The zero-order valence-electron chi connectivity index (χ0n) is 14.8. The van der Waals surface area contributed by atoms with Crippen molar-refractivity contribution < 1.29 is 5.11 Å². The smallest absolute Gasteiger partial charge is 0.227 e. The lowest BCUT2D eigenvalue weighted by molar-refractivity contribution is 0.148. The zero-order valence-corrected chi connectivity index (χ0v) is 14.8. The van der Waals surface area contributed by atoms with E-state index in [0.29, 0.717) is 12.5 Å². The van der Waals surface area contributed by atoms with Crippen LogP contribution in [0.4, 0.5) is 11.8 Å². The molecule has 1 N–H and O–H groups in total. The van der Waals surface area contributed by atoms with Crippen LogP contribution in [0.2, 0.25) is 0 Å². The highest BCUT2D eigenvalue weighted by atomic mass is 16.3. The van der Waals surface area contributed by atoms with Crippen LogP contribution in [0, 0.1) is 19.8 Å². The molecular formula is C18H25N5O. The van der Waals surface area contributed by atoms with Crippen LogP contribution in [0.25, 0.3) is 0 Å². The van der Waals surface area contributed by atoms with Crippen LogP contribution in [0.5, 0.6) is 0 Å². The van der Waals surface area contributed by atoms with Crippen LogP contribution >= 0.6 is 0 Å². The molecule has 6 nitrogen and oxygen atoms in total. The lowest BCUT2D eigenvalue weighted by Crippen LogP contribution is -2.25. The second-order valence-corrected chi connectivity index (χ2v) is 6.74. The maximum Gasteiger partial charge on any atom is 0.227 e. The van der Waals surface area contributed by atoms with Crippen molar-refractivity contribution in [2.75, 3.05) is 37.0 Å². The van der Waals surface area contributed by atoms with Crippen molar-refractivity contribution in [3.63, 3.8) is 0 Å². The second kappa shape index (κ2) is 6.73. The topological polar surface area (TPSA) is 65.4 Å². The van der Waals surface area contributed by atoms with Crippen LogP contribution in [-0.2, 0) is 6.42 Å². The molecule has 1 saturated heterocycles. The van der Waals surface area contributed by atoms with Crippen LogP contribution in [0.1, 0.15) is 16.8 Å². The standard InChI is InChI=1S/C18H25N5O/c1-12-13(2)20-18(22(3)4)21-17(12)23-10-15(16(24)11-23)9-14-5-7-19-8-6-14/h5-8,15-16,24H,9-11H2,1-4H3/t15-,16+/m1/s1. The van der Waals surface area contributed by atoms with E-state index in [1.165, 1.54) is 5.56 Å². The number of β-amino-alcohol motifs (C(OH)–C–C–N with tert-alkyl or cyclic N) is 1. The fraction of sp³-hybridized carbons (Fsp3) is 0.500. The molecule has 0 aromatic carbocycles. The van der Waals surface area contributed by atoms with E-state index in [1.807, 2.05) is 45.0 Å². The molecule has 0 aliphatic carbocycles. The van der Waals surface area contributed by atoms with Gasteiger partial charge in [0, 0.05) is 56.8 Å². The molecular weight excluding hydrogens is 302 g/mol. The first-order valence-electron chi connectivity index (χ1n) is 8.30. The molecule has 1 aliphatic rings. The summed E-state index contributed by atoms with van der Waals surface area (Å²) in [6, 6.07) is 4.03. The molecule has 2 atom stereocenters. The minimum absolute atomic E-state index is 0.199. The van der Waals surface area contributed by atoms with E-state index in [-0.39, 0.29) is 12.0 Å². The van der Waals surface area contributed by atoms with Crippen molar-refractivity contribution in [3.8, 4) is 0 Å². The molecule has 128 valence electrons. The van der Waals surface area contributed by atoms with Gasteiger partial charge in [0.2, 0.25) is 5.95 Å². The molecule has 0 saturated carbocycles. The molecule has 0 bridgehead atoms. The number of anilines is 2. The first-order valence-corrected chi connectivity index (χ1v) is 8.30. The summed E-state index contributed by atoms with van der Waals surface area (Å²) in [5.74, 6) is 1.84. The maximum absolute atomic E-state index is 10.5. The molecule has 2 aromatic heterocycles. The van der Waals surface area contributed by atoms with E-state index in [0.717, 1.165) is 30.0 Å². The van der Waals surface area contributed by atoms with E-state index in [4.69, 9.17) is 4.98 Å². The van der Waals surface area contributed by atoms with Gasteiger partial charge in [-0.1, -0.05) is 0 Å². The van der Waals surface area contributed by atoms with E-state index in [2.05, 4.69) is 14.9 Å². The zero-order chi connectivity index (χ0) is 17.3. The third-order valence-corrected chi connectivity index (χ3v) is 4.70. The highest BCUT2D eigenvalue weighted by Crippen LogP contribution is 2.29. The van der Waals surface area contributed by atoms with Gasteiger partial charge in [-0.3, -0.25) is 4.98 Å². The number of hydrogen-bond acceptors (Lipinski definition) is 6. The molecule has 24 heavy (non-hydrogen) atoms. The third kappa shape index (κ3) is 3.33. The molecule has 1 aliphatic heterocycles. The molecule has 2 aromatic rings. The fourth-order valence-corrected chi connectivity index (χ4v) is 3.16. The molecule has 0 spiro atoms. The summed E-state index contributed by atoms with van der Waals surface area (Å²) in [5.41, 5.74) is 3.27. The predicted molar refractivity (Wildman–Crippen MR) is 95.5 cm³/mol. The van der Waals surface area contributed by atoms with Crippen LogP contribution in [0.3, 0.4) is 0 Å². The molecule has 0 radical (unpaired) electrons. The lowest BCUT2D eigenvalue weighted by atomic mass is 9.97. The van der Waals surface area contributed by atoms with Crippen molar-refractivity contribution in [2.24, 2.45) is 5.92 Å². The average molecular weight is 327 g/mol. The number of pyridine rings is 1. The third-order valence-electron chi connectivity index (χ3n) is 4.70. The van der Waals surface area contributed by atoms with Crippen molar-refractivity contribution >= 4 is 11.8 Å². The van der Waals surface area contributed by atoms with Gasteiger partial charge < -0.3 is 14.9 Å². The van der Waals surface area contributed by atoms with Crippen LogP contribution < -0.4 is 9.80 Å². The number of hydrogen-bond donors (Lipinski definition) is 1. The summed E-state index contributed by atoms with van der Waals surface area (Å²) in [4.78, 5) is 17.4. The van der Waals surface area contributed by atoms with Gasteiger partial charge >= 0.3 is 0 Å². The van der Waals surface area contributed by atoms with Gasteiger partial charge in [0.05, 0.1) is 6.10 Å². The van der Waals surface area contributed by atoms with Gasteiger partial charge in [0.1, 0.15) is 5.82 Å². The molecule has 0 unspecified atom stereocenters. The van der Waals surface area contributed by atoms with Gasteiger partial charge in [0.25, 0.3) is 0 Å². The van der Waals surface area contributed by atoms with Crippen molar-refractivity contribution in [1.82, 2.24) is 15.0 Å². The summed E-state index contributed by atoms with van der Waals surface area (Å²) in [7, 11) is 3.89. The molecule has 3 heterocycles. The van der Waals surface area contributed by atoms with Crippen LogP contribution in [0.15, 0.2) is 24.5 Å². The number of aryl methyl sites for hydroxylation is 1. The number of aliphatic hydroxyl groups excluding tert-OH is 1. The average Bonchev–Trinajstić information content (AvgIpc) is 2.91. The van der Waals surface area contributed by atoms with Crippen LogP contribution in [-0.4, -0.2) is 53.3 Å². The SMILES string of the molecule is Cc1nc(N(C)C)nc(N2C[C@@H](Cc3ccncc3)[C@@H](O)C2)c1C. The summed E-state index contributed by atoms with van der Waals surface area (Å²) in [6.07, 6.45) is 4.10. The minimum Gasteiger partial charge on any atom is -0.391 e. The van der Waals surface area contributed by atoms with Crippen molar-refractivity contribution in [1.29, 1.82) is 0 Å². The Labute approximate surface area is 143 Å². The van der Waals surface area contributed by atoms with E-state index in [1.54, 1.807) is 12.4 Å². The van der Waals surface area contributed by atoms with E-state index >= 15 is 0 Å². The monoisotopic (exact) mass is 327 g/mol. The largest absolute Gasteiger partial charge is 0.391 e. The van der Waals surface area contributed by atoms with E-state index < -0.39 is 0 Å². The Bertz CT molecular complexity index is 704. The van der Waals surface area contributed by atoms with E-state index in [9.17, 15) is 5.11 Å². The number of nitrogens with zero attached hydrogens (tertiary/aromatic N) is 5. The molecule has 1 fully saturated rings. The summed E-state index contributed by atoms with van der Waals surface area (Å²) < 4.78 is 0. The highest BCUT2D eigenvalue weighted by Gasteiger charge is 2.33. The first kappa shape index (κ1) is 16.6. The maximum atomic E-state index is 10.5. The first-order chi connectivity index (χ1) is 11.5. The summed E-state index contributed by atoms with van der Waals surface area (Å²) in [6.45, 7) is 5.47. The summed E-state index contributed by atoms with van der Waals surface area (Å²) >= 11 is 0. The normalized spacial score (nSPS) is 20.5. The van der Waals surface area contributed by atoms with Gasteiger partial charge in [-0.05, 0) is 38.0 Å². The van der Waals surface area contributed by atoms with Gasteiger partial charge in [-0.2, -0.15) is 4.98 Å². The Balaban J connectivity index is 1.82. The van der Waals surface area contributed by atoms with Gasteiger partial charge in [-0.25, -0.2) is 4.98 Å². The summed E-state index contributed by atoms with van der Waals surface area (Å²) in [5, 5.41) is 10.5. The molecule has 0 amide bonds. The Morgan fingerprint density at radius 2 is 1.88 bits per heavy atom. The van der Waals surface area contributed by atoms with Crippen molar-refractivity contribution in [3.05, 3.63) is 41.3 Å². The van der Waals surface area contributed by atoms with Gasteiger partial charge in [-0.15, -0.1) is 0 Å². The highest BCUT2D eigenvalue weighted by molar-refractivity contribution is 5.53.